The summed E-state index contributed by atoms with van der Waals surface area (Å²) in [6.45, 7) is 3.73. The second kappa shape index (κ2) is 8.92. The number of benzene rings is 1. The van der Waals surface area contributed by atoms with Gasteiger partial charge in [-0.2, -0.15) is 0 Å². The molecular formula is C18H19Cl2N3O2. The Morgan fingerprint density at radius 1 is 1.20 bits per heavy atom. The molecule has 0 unspecified atom stereocenters. The van der Waals surface area contributed by atoms with E-state index < -0.39 is 0 Å². The highest BCUT2D eigenvalue weighted by molar-refractivity contribution is 6.42. The van der Waals surface area contributed by atoms with E-state index in [4.69, 9.17) is 28.0 Å². The van der Waals surface area contributed by atoms with Gasteiger partial charge in [0.05, 0.1) is 39.3 Å². The number of aryl methyl sites for hydroxylation is 2. The van der Waals surface area contributed by atoms with Gasteiger partial charge in [0.25, 0.3) is 0 Å². The highest BCUT2D eigenvalue weighted by Gasteiger charge is 2.13. The van der Waals surface area contributed by atoms with Crippen molar-refractivity contribution in [1.29, 1.82) is 0 Å². The van der Waals surface area contributed by atoms with E-state index in [1.54, 1.807) is 24.4 Å². The van der Waals surface area contributed by atoms with Crippen LogP contribution in [0.25, 0.3) is 0 Å². The van der Waals surface area contributed by atoms with Crippen molar-refractivity contribution in [2.45, 2.75) is 33.1 Å². The van der Waals surface area contributed by atoms with Crippen molar-refractivity contribution in [3.63, 3.8) is 0 Å². The van der Waals surface area contributed by atoms with E-state index in [-0.39, 0.29) is 12.2 Å². The van der Waals surface area contributed by atoms with E-state index in [2.05, 4.69) is 15.1 Å². The maximum Gasteiger partial charge on any atom is 0.139 e. The van der Waals surface area contributed by atoms with E-state index in [9.17, 15) is 4.79 Å². The molecule has 0 fully saturated rings. The highest BCUT2D eigenvalue weighted by atomic mass is 35.5. The Kier molecular flexibility index (Phi) is 6.91. The standard InChI is InChI=1S/C18H19Cl2N3O2/c1-11-10-21-18(12(2)22-11)9-14(24)5-7-17(23-25-3)13-4-6-15(19)16(20)8-13/h4,6,8,10H,5,7,9H2,1-3H3/b23-17+. The zero-order chi connectivity index (χ0) is 18.4. The highest BCUT2D eigenvalue weighted by Crippen LogP contribution is 2.24. The molecule has 0 aliphatic rings. The maximum atomic E-state index is 12.3. The Labute approximate surface area is 157 Å². The number of nitrogens with zero attached hydrogens (tertiary/aromatic N) is 3. The molecular weight excluding hydrogens is 361 g/mol. The average Bonchev–Trinajstić information content (AvgIpc) is 2.56. The summed E-state index contributed by atoms with van der Waals surface area (Å²) in [5.74, 6) is 0.0603. The van der Waals surface area contributed by atoms with Crippen LogP contribution in [0.1, 0.15) is 35.5 Å². The summed E-state index contributed by atoms with van der Waals surface area (Å²) in [4.78, 5) is 25.8. The normalized spacial score (nSPS) is 11.5. The zero-order valence-electron chi connectivity index (χ0n) is 14.3. The molecule has 1 heterocycles. The van der Waals surface area contributed by atoms with Gasteiger partial charge in [-0.25, -0.2) is 0 Å². The Hall–Kier alpha value is -1.98. The summed E-state index contributed by atoms with van der Waals surface area (Å²) < 4.78 is 0. The largest absolute Gasteiger partial charge is 0.399 e. The van der Waals surface area contributed by atoms with E-state index in [0.29, 0.717) is 34.3 Å². The third kappa shape index (κ3) is 5.51. The number of halogens is 2. The Morgan fingerprint density at radius 3 is 2.60 bits per heavy atom. The van der Waals surface area contributed by atoms with Crippen molar-refractivity contribution in [1.82, 2.24) is 9.97 Å². The smallest absolute Gasteiger partial charge is 0.139 e. The number of hydrogen-bond acceptors (Lipinski definition) is 5. The van der Waals surface area contributed by atoms with Crippen molar-refractivity contribution >= 4 is 34.7 Å². The fourth-order valence-corrected chi connectivity index (χ4v) is 2.66. The third-order valence-corrected chi connectivity index (χ3v) is 4.37. The molecule has 0 N–H and O–H groups in total. The van der Waals surface area contributed by atoms with Crippen LogP contribution in [0.3, 0.4) is 0 Å². The molecule has 0 amide bonds. The molecule has 2 rings (SSSR count). The van der Waals surface area contributed by atoms with Gasteiger partial charge in [0, 0.05) is 24.6 Å². The first-order valence-electron chi connectivity index (χ1n) is 7.77. The lowest BCUT2D eigenvalue weighted by Crippen LogP contribution is -2.11. The number of carbonyl (C=O) groups excluding carboxylic acids is 1. The predicted octanol–water partition coefficient (Wildman–Crippen LogP) is 4.34. The quantitative estimate of drug-likeness (QED) is 0.529. The van der Waals surface area contributed by atoms with Crippen LogP contribution >= 0.6 is 23.2 Å². The summed E-state index contributed by atoms with van der Waals surface area (Å²) in [5.41, 5.74) is 3.73. The summed E-state index contributed by atoms with van der Waals surface area (Å²) in [6, 6.07) is 5.20. The lowest BCUT2D eigenvalue weighted by atomic mass is 10.0. The van der Waals surface area contributed by atoms with Gasteiger partial charge in [0.15, 0.2) is 0 Å². The third-order valence-electron chi connectivity index (χ3n) is 3.63. The van der Waals surface area contributed by atoms with Gasteiger partial charge in [-0.05, 0) is 26.0 Å². The summed E-state index contributed by atoms with van der Waals surface area (Å²) in [7, 11) is 1.46. The van der Waals surface area contributed by atoms with Gasteiger partial charge in [-0.3, -0.25) is 14.8 Å². The molecule has 7 heteroatoms. The molecule has 0 saturated carbocycles. The molecule has 1 aromatic carbocycles. The predicted molar refractivity (Wildman–Crippen MR) is 99.5 cm³/mol. The average molecular weight is 380 g/mol. The summed E-state index contributed by atoms with van der Waals surface area (Å²) in [6.07, 6.45) is 2.67. The first-order valence-corrected chi connectivity index (χ1v) is 8.52. The minimum absolute atomic E-state index is 0.0603. The molecule has 5 nitrogen and oxygen atoms in total. The monoisotopic (exact) mass is 379 g/mol. The van der Waals surface area contributed by atoms with Crippen molar-refractivity contribution in [2.24, 2.45) is 5.16 Å². The zero-order valence-corrected chi connectivity index (χ0v) is 15.9. The van der Waals surface area contributed by atoms with Crippen LogP contribution in [0.4, 0.5) is 0 Å². The number of rotatable bonds is 7. The topological polar surface area (TPSA) is 64.4 Å². The first kappa shape index (κ1) is 19.3. The molecule has 0 aliphatic heterocycles. The van der Waals surface area contributed by atoms with Gasteiger partial charge in [0.1, 0.15) is 12.9 Å². The molecule has 0 spiro atoms. The molecule has 0 bridgehead atoms. The van der Waals surface area contributed by atoms with Gasteiger partial charge < -0.3 is 4.84 Å². The number of carbonyl (C=O) groups is 1. The van der Waals surface area contributed by atoms with Gasteiger partial charge in [-0.15, -0.1) is 0 Å². The molecule has 132 valence electrons. The van der Waals surface area contributed by atoms with Crippen LogP contribution < -0.4 is 0 Å². The molecule has 2 aromatic rings. The van der Waals surface area contributed by atoms with Gasteiger partial charge in [-0.1, -0.05) is 34.4 Å². The second-order valence-electron chi connectivity index (χ2n) is 5.61. The van der Waals surface area contributed by atoms with Crippen LogP contribution in [-0.4, -0.2) is 28.6 Å². The SMILES string of the molecule is CO/N=C(\CCC(=O)Cc1ncc(C)nc1C)c1ccc(Cl)c(Cl)c1. The van der Waals surface area contributed by atoms with E-state index in [0.717, 1.165) is 17.0 Å². The molecule has 0 saturated heterocycles. The van der Waals surface area contributed by atoms with Crippen LogP contribution in [0.15, 0.2) is 29.6 Å². The van der Waals surface area contributed by atoms with Crippen molar-refractivity contribution < 1.29 is 9.63 Å². The summed E-state index contributed by atoms with van der Waals surface area (Å²) in [5, 5.41) is 4.90. The van der Waals surface area contributed by atoms with Crippen LogP contribution in [0.5, 0.6) is 0 Å². The lowest BCUT2D eigenvalue weighted by molar-refractivity contribution is -0.118. The van der Waals surface area contributed by atoms with Gasteiger partial charge >= 0.3 is 0 Å². The lowest BCUT2D eigenvalue weighted by Gasteiger charge is -2.08. The van der Waals surface area contributed by atoms with Crippen LogP contribution in [-0.2, 0) is 16.1 Å². The van der Waals surface area contributed by atoms with E-state index in [1.807, 2.05) is 13.8 Å². The molecule has 0 atom stereocenters. The number of oxime groups is 1. The molecule has 0 aliphatic carbocycles. The first-order chi connectivity index (χ1) is 11.9. The van der Waals surface area contributed by atoms with Crippen molar-refractivity contribution in [3.05, 3.63) is 57.1 Å². The Morgan fingerprint density at radius 2 is 1.96 bits per heavy atom. The molecule has 1 aromatic heterocycles. The minimum atomic E-state index is 0.0603. The Balaban J connectivity index is 2.04. The van der Waals surface area contributed by atoms with Crippen molar-refractivity contribution in [3.8, 4) is 0 Å². The molecule has 25 heavy (non-hydrogen) atoms. The summed E-state index contributed by atoms with van der Waals surface area (Å²) >= 11 is 12.0. The fourth-order valence-electron chi connectivity index (χ4n) is 2.36. The minimum Gasteiger partial charge on any atom is -0.399 e. The maximum absolute atomic E-state index is 12.3. The number of Topliss-reactive ketones (excluding diaryl/α,β-unsaturated/α-hetero) is 1. The van der Waals surface area contributed by atoms with E-state index in [1.165, 1.54) is 7.11 Å². The van der Waals surface area contributed by atoms with Crippen molar-refractivity contribution in [2.75, 3.05) is 7.11 Å². The fraction of sp³-hybridized carbons (Fsp3) is 0.333. The van der Waals surface area contributed by atoms with Gasteiger partial charge in [0.2, 0.25) is 0 Å². The van der Waals surface area contributed by atoms with Crippen LogP contribution in [0.2, 0.25) is 10.0 Å². The van der Waals surface area contributed by atoms with Crippen LogP contribution in [0, 0.1) is 13.8 Å². The number of hydrogen-bond donors (Lipinski definition) is 0. The molecule has 0 radical (unpaired) electrons. The Bertz CT molecular complexity index is 807. The van der Waals surface area contributed by atoms with E-state index >= 15 is 0 Å². The number of aromatic nitrogens is 2. The number of ketones is 1. The second-order valence-corrected chi connectivity index (χ2v) is 6.42.